The molecule has 0 fully saturated rings. The molecule has 106 valence electrons. The van der Waals surface area contributed by atoms with E-state index in [9.17, 15) is 0 Å². The molecular formula is C17H17N3O. The van der Waals surface area contributed by atoms with Gasteiger partial charge in [-0.3, -0.25) is 0 Å². The fourth-order valence-electron chi connectivity index (χ4n) is 2.42. The standard InChI is InChI=1S/C17H17N3O/c1-10-6-16(13-8-18-12(3)19-9-13)20-17-11(2)5-14(21-4)7-15(10)17/h5-9H,1-4H3. The van der Waals surface area contributed by atoms with E-state index >= 15 is 0 Å². The summed E-state index contributed by atoms with van der Waals surface area (Å²) in [7, 11) is 1.68. The van der Waals surface area contributed by atoms with Gasteiger partial charge < -0.3 is 4.74 Å². The van der Waals surface area contributed by atoms with E-state index in [0.717, 1.165) is 44.9 Å². The lowest BCUT2D eigenvalue weighted by molar-refractivity contribution is 0.415. The van der Waals surface area contributed by atoms with Crippen LogP contribution in [0.3, 0.4) is 0 Å². The molecule has 0 atom stereocenters. The smallest absolute Gasteiger partial charge is 0.125 e. The van der Waals surface area contributed by atoms with Gasteiger partial charge in [0.2, 0.25) is 0 Å². The average Bonchev–Trinajstić information content (AvgIpc) is 2.48. The first-order chi connectivity index (χ1) is 10.1. The second-order valence-electron chi connectivity index (χ2n) is 5.18. The van der Waals surface area contributed by atoms with E-state index in [1.54, 1.807) is 7.11 Å². The molecule has 0 amide bonds. The van der Waals surface area contributed by atoms with Crippen LogP contribution in [0.4, 0.5) is 0 Å². The Labute approximate surface area is 123 Å². The number of pyridine rings is 1. The zero-order valence-corrected chi connectivity index (χ0v) is 12.6. The quantitative estimate of drug-likeness (QED) is 0.718. The Morgan fingerprint density at radius 3 is 2.29 bits per heavy atom. The Morgan fingerprint density at radius 1 is 0.905 bits per heavy atom. The number of benzene rings is 1. The molecule has 0 aliphatic rings. The number of hydrogen-bond donors (Lipinski definition) is 0. The largest absolute Gasteiger partial charge is 0.497 e. The van der Waals surface area contributed by atoms with Crippen molar-refractivity contribution in [3.63, 3.8) is 0 Å². The third-order valence-corrected chi connectivity index (χ3v) is 3.60. The van der Waals surface area contributed by atoms with Gasteiger partial charge in [0, 0.05) is 23.3 Å². The van der Waals surface area contributed by atoms with E-state index in [1.165, 1.54) is 0 Å². The van der Waals surface area contributed by atoms with E-state index in [4.69, 9.17) is 9.72 Å². The molecule has 0 aliphatic carbocycles. The second-order valence-corrected chi connectivity index (χ2v) is 5.18. The molecule has 2 heterocycles. The van der Waals surface area contributed by atoms with Crippen molar-refractivity contribution < 1.29 is 4.74 Å². The van der Waals surface area contributed by atoms with Crippen LogP contribution in [-0.4, -0.2) is 22.1 Å². The summed E-state index contributed by atoms with van der Waals surface area (Å²) in [6, 6.07) is 6.10. The second kappa shape index (κ2) is 5.13. The summed E-state index contributed by atoms with van der Waals surface area (Å²) in [6.45, 7) is 6.01. The average molecular weight is 279 g/mol. The van der Waals surface area contributed by atoms with Crippen LogP contribution in [0.5, 0.6) is 5.75 Å². The van der Waals surface area contributed by atoms with Gasteiger partial charge in [-0.2, -0.15) is 0 Å². The zero-order chi connectivity index (χ0) is 15.0. The molecule has 0 saturated heterocycles. The molecule has 0 bridgehead atoms. The van der Waals surface area contributed by atoms with Crippen molar-refractivity contribution in [2.45, 2.75) is 20.8 Å². The molecule has 0 unspecified atom stereocenters. The number of ether oxygens (including phenoxy) is 1. The Kier molecular flexibility index (Phi) is 3.29. The number of aromatic nitrogens is 3. The predicted molar refractivity (Wildman–Crippen MR) is 83.5 cm³/mol. The first-order valence-corrected chi connectivity index (χ1v) is 6.83. The summed E-state index contributed by atoms with van der Waals surface area (Å²) in [5, 5.41) is 1.11. The van der Waals surface area contributed by atoms with Gasteiger partial charge in [-0.15, -0.1) is 0 Å². The van der Waals surface area contributed by atoms with Crippen molar-refractivity contribution in [2.75, 3.05) is 7.11 Å². The van der Waals surface area contributed by atoms with Crippen molar-refractivity contribution in [2.24, 2.45) is 0 Å². The number of aryl methyl sites for hydroxylation is 3. The van der Waals surface area contributed by atoms with E-state index in [1.807, 2.05) is 38.4 Å². The van der Waals surface area contributed by atoms with Gasteiger partial charge in [0.1, 0.15) is 11.6 Å². The SMILES string of the molecule is COc1cc(C)c2nc(-c3cnc(C)nc3)cc(C)c2c1. The first-order valence-electron chi connectivity index (χ1n) is 6.83. The van der Waals surface area contributed by atoms with Gasteiger partial charge in [-0.25, -0.2) is 15.0 Å². The maximum atomic E-state index is 5.34. The van der Waals surface area contributed by atoms with Crippen molar-refractivity contribution in [3.05, 3.63) is 47.5 Å². The molecule has 2 aromatic heterocycles. The lowest BCUT2D eigenvalue weighted by Gasteiger charge is -2.10. The minimum atomic E-state index is 0.761. The van der Waals surface area contributed by atoms with Crippen LogP contribution in [0.1, 0.15) is 17.0 Å². The van der Waals surface area contributed by atoms with E-state index < -0.39 is 0 Å². The molecule has 0 saturated carbocycles. The molecule has 0 radical (unpaired) electrons. The Bertz CT molecular complexity index is 810. The minimum absolute atomic E-state index is 0.761. The minimum Gasteiger partial charge on any atom is -0.497 e. The van der Waals surface area contributed by atoms with Crippen LogP contribution in [0.2, 0.25) is 0 Å². The highest BCUT2D eigenvalue weighted by Crippen LogP contribution is 2.29. The summed E-state index contributed by atoms with van der Waals surface area (Å²) in [5.41, 5.74) is 5.08. The number of nitrogens with zero attached hydrogens (tertiary/aromatic N) is 3. The molecule has 0 aliphatic heterocycles. The monoisotopic (exact) mass is 279 g/mol. The van der Waals surface area contributed by atoms with Gasteiger partial charge >= 0.3 is 0 Å². The number of methoxy groups -OCH3 is 1. The Balaban J connectivity index is 2.23. The number of fused-ring (bicyclic) bond motifs is 1. The molecule has 4 nitrogen and oxygen atoms in total. The summed E-state index contributed by atoms with van der Waals surface area (Å²) in [6.07, 6.45) is 3.63. The van der Waals surface area contributed by atoms with Crippen molar-refractivity contribution >= 4 is 10.9 Å². The van der Waals surface area contributed by atoms with E-state index in [2.05, 4.69) is 23.0 Å². The van der Waals surface area contributed by atoms with Crippen molar-refractivity contribution in [1.29, 1.82) is 0 Å². The van der Waals surface area contributed by atoms with E-state index in [-0.39, 0.29) is 0 Å². The fraction of sp³-hybridized carbons (Fsp3) is 0.235. The maximum absolute atomic E-state index is 5.34. The van der Waals surface area contributed by atoms with Crippen LogP contribution < -0.4 is 4.74 Å². The Morgan fingerprint density at radius 2 is 1.62 bits per heavy atom. The molecule has 3 aromatic rings. The highest BCUT2D eigenvalue weighted by Gasteiger charge is 2.09. The molecule has 0 N–H and O–H groups in total. The molecular weight excluding hydrogens is 262 g/mol. The van der Waals surface area contributed by atoms with Gasteiger partial charge in [0.25, 0.3) is 0 Å². The molecule has 21 heavy (non-hydrogen) atoms. The lowest BCUT2D eigenvalue weighted by atomic mass is 10.0. The summed E-state index contributed by atoms with van der Waals surface area (Å²) >= 11 is 0. The molecule has 4 heteroatoms. The van der Waals surface area contributed by atoms with Gasteiger partial charge in [0.05, 0.1) is 18.3 Å². The molecule has 1 aromatic carbocycles. The zero-order valence-electron chi connectivity index (χ0n) is 12.6. The summed E-state index contributed by atoms with van der Waals surface area (Å²) in [4.78, 5) is 13.3. The summed E-state index contributed by atoms with van der Waals surface area (Å²) in [5.74, 6) is 1.62. The number of hydrogen-bond acceptors (Lipinski definition) is 4. The maximum Gasteiger partial charge on any atom is 0.125 e. The van der Waals surface area contributed by atoms with Crippen LogP contribution in [-0.2, 0) is 0 Å². The molecule has 0 spiro atoms. The highest BCUT2D eigenvalue weighted by molar-refractivity contribution is 5.88. The third-order valence-electron chi connectivity index (χ3n) is 3.60. The lowest BCUT2D eigenvalue weighted by Crippen LogP contribution is -1.95. The fourth-order valence-corrected chi connectivity index (χ4v) is 2.42. The summed E-state index contributed by atoms with van der Waals surface area (Å²) < 4.78 is 5.34. The van der Waals surface area contributed by atoms with Crippen LogP contribution in [0.25, 0.3) is 22.2 Å². The van der Waals surface area contributed by atoms with Crippen molar-refractivity contribution in [1.82, 2.24) is 15.0 Å². The third kappa shape index (κ3) is 2.44. The van der Waals surface area contributed by atoms with Gasteiger partial charge in [-0.05, 0) is 50.1 Å². The Hall–Kier alpha value is -2.49. The van der Waals surface area contributed by atoms with Crippen LogP contribution in [0.15, 0.2) is 30.6 Å². The van der Waals surface area contributed by atoms with Gasteiger partial charge in [-0.1, -0.05) is 0 Å². The molecule has 3 rings (SSSR count). The van der Waals surface area contributed by atoms with Gasteiger partial charge in [0.15, 0.2) is 0 Å². The van der Waals surface area contributed by atoms with Crippen molar-refractivity contribution in [3.8, 4) is 17.0 Å². The highest BCUT2D eigenvalue weighted by atomic mass is 16.5. The van der Waals surface area contributed by atoms with E-state index in [0.29, 0.717) is 0 Å². The normalized spacial score (nSPS) is 10.9. The topological polar surface area (TPSA) is 47.9 Å². The van der Waals surface area contributed by atoms with Crippen LogP contribution >= 0.6 is 0 Å². The van der Waals surface area contributed by atoms with Crippen LogP contribution in [0, 0.1) is 20.8 Å². The number of rotatable bonds is 2. The predicted octanol–water partition coefficient (Wildman–Crippen LogP) is 3.63. The first kappa shape index (κ1) is 13.5.